The van der Waals surface area contributed by atoms with Gasteiger partial charge in [-0.2, -0.15) is 0 Å². The standard InChI is InChI=1S/C25H19NO7S2/c1-10-20(30)18(14(29)9-34-24-26-12-6-4-5-7-15(12)35-24)22-19(21(10)31)25(3)16(33-22)8-13(28)17(11(2)27)23(25)32/h4-8,28,30-31H,9H2,1-3H3/t25-/m0/s1. The van der Waals surface area contributed by atoms with E-state index in [9.17, 15) is 29.7 Å². The lowest BCUT2D eigenvalue weighted by Crippen LogP contribution is -2.38. The zero-order valence-electron chi connectivity index (χ0n) is 18.8. The Morgan fingerprint density at radius 2 is 1.89 bits per heavy atom. The molecule has 1 aromatic heterocycles. The Hall–Kier alpha value is -3.63. The number of fused-ring (bicyclic) bond motifs is 4. The van der Waals surface area contributed by atoms with Crippen molar-refractivity contribution in [1.82, 2.24) is 4.98 Å². The maximum Gasteiger partial charge on any atom is 0.188 e. The van der Waals surface area contributed by atoms with E-state index in [2.05, 4.69) is 4.98 Å². The van der Waals surface area contributed by atoms with Gasteiger partial charge in [0.2, 0.25) is 0 Å². The number of hydrogen-bond acceptors (Lipinski definition) is 10. The molecule has 2 aromatic carbocycles. The minimum atomic E-state index is -1.65. The van der Waals surface area contributed by atoms with Gasteiger partial charge >= 0.3 is 0 Å². The number of hydrogen-bond donors (Lipinski definition) is 3. The summed E-state index contributed by atoms with van der Waals surface area (Å²) >= 11 is 2.63. The minimum absolute atomic E-state index is 0.000822. The molecule has 0 unspecified atom stereocenters. The largest absolute Gasteiger partial charge is 0.507 e. The Balaban J connectivity index is 1.57. The topological polar surface area (TPSA) is 134 Å². The highest BCUT2D eigenvalue weighted by atomic mass is 32.2. The highest BCUT2D eigenvalue weighted by Crippen LogP contribution is 2.57. The van der Waals surface area contributed by atoms with Gasteiger partial charge in [0.1, 0.15) is 45.3 Å². The van der Waals surface area contributed by atoms with Crippen LogP contribution in [0.1, 0.15) is 35.3 Å². The van der Waals surface area contributed by atoms with Gasteiger partial charge in [0.15, 0.2) is 21.7 Å². The van der Waals surface area contributed by atoms with E-state index in [0.29, 0.717) is 4.34 Å². The summed E-state index contributed by atoms with van der Waals surface area (Å²) in [5.74, 6) is -3.63. The normalized spacial score (nSPS) is 18.8. The van der Waals surface area contributed by atoms with E-state index in [4.69, 9.17) is 4.74 Å². The lowest BCUT2D eigenvalue weighted by atomic mass is 9.71. The molecule has 3 aromatic rings. The van der Waals surface area contributed by atoms with Gasteiger partial charge in [-0.3, -0.25) is 14.4 Å². The van der Waals surface area contributed by atoms with Crippen molar-refractivity contribution in [2.75, 3.05) is 5.75 Å². The molecule has 10 heteroatoms. The summed E-state index contributed by atoms with van der Waals surface area (Å²) in [6, 6.07) is 7.58. The summed E-state index contributed by atoms with van der Waals surface area (Å²) in [7, 11) is 0. The average molecular weight is 510 g/mol. The number of nitrogens with zero attached hydrogens (tertiary/aromatic N) is 1. The van der Waals surface area contributed by atoms with E-state index in [0.717, 1.165) is 23.2 Å². The van der Waals surface area contributed by atoms with E-state index in [1.54, 1.807) is 0 Å². The van der Waals surface area contributed by atoms with E-state index in [1.165, 1.54) is 36.9 Å². The van der Waals surface area contributed by atoms with Crippen LogP contribution >= 0.6 is 23.1 Å². The van der Waals surface area contributed by atoms with Gasteiger partial charge in [-0.05, 0) is 32.9 Å². The first-order valence-electron chi connectivity index (χ1n) is 10.5. The Kier molecular flexibility index (Phi) is 5.26. The number of benzene rings is 2. The summed E-state index contributed by atoms with van der Waals surface area (Å²) in [6.45, 7) is 4.02. The number of carbonyl (C=O) groups is 3. The number of allylic oxidation sites excluding steroid dienone is 3. The number of aromatic nitrogens is 1. The summed E-state index contributed by atoms with van der Waals surface area (Å²) in [5.41, 5.74) is -1.46. The first-order chi connectivity index (χ1) is 16.6. The fraction of sp³-hybridized carbons (Fsp3) is 0.200. The first kappa shape index (κ1) is 23.1. The molecule has 0 spiro atoms. The molecule has 35 heavy (non-hydrogen) atoms. The molecule has 1 atom stereocenters. The Morgan fingerprint density at radius 1 is 1.17 bits per heavy atom. The second-order valence-corrected chi connectivity index (χ2v) is 10.7. The molecule has 0 saturated carbocycles. The molecule has 3 N–H and O–H groups in total. The fourth-order valence-electron chi connectivity index (χ4n) is 4.40. The van der Waals surface area contributed by atoms with Crippen LogP contribution in [-0.4, -0.2) is 43.4 Å². The molecule has 0 radical (unpaired) electrons. The lowest BCUT2D eigenvalue weighted by molar-refractivity contribution is -0.123. The number of aromatic hydroxyl groups is 2. The predicted octanol–water partition coefficient (Wildman–Crippen LogP) is 4.51. The van der Waals surface area contributed by atoms with Crippen LogP contribution in [0.3, 0.4) is 0 Å². The van der Waals surface area contributed by atoms with Crippen LogP contribution < -0.4 is 4.74 Å². The van der Waals surface area contributed by atoms with Crippen LogP contribution in [0, 0.1) is 6.92 Å². The molecule has 2 heterocycles. The van der Waals surface area contributed by atoms with Gasteiger partial charge in [0.25, 0.3) is 0 Å². The quantitative estimate of drug-likeness (QED) is 0.258. The number of aliphatic hydroxyl groups is 1. The van der Waals surface area contributed by atoms with Crippen molar-refractivity contribution in [1.29, 1.82) is 0 Å². The van der Waals surface area contributed by atoms with Crippen molar-refractivity contribution < 1.29 is 34.4 Å². The fourth-order valence-corrected chi connectivity index (χ4v) is 6.34. The Morgan fingerprint density at radius 3 is 2.57 bits per heavy atom. The van der Waals surface area contributed by atoms with Crippen LogP contribution in [0.5, 0.6) is 17.2 Å². The molecule has 8 nitrogen and oxygen atoms in total. The van der Waals surface area contributed by atoms with Crippen LogP contribution in [0.25, 0.3) is 10.2 Å². The van der Waals surface area contributed by atoms with Crippen molar-refractivity contribution in [3.05, 3.63) is 64.1 Å². The summed E-state index contributed by atoms with van der Waals surface area (Å²) in [5, 5.41) is 32.0. The zero-order valence-corrected chi connectivity index (χ0v) is 20.5. The van der Waals surface area contributed by atoms with Gasteiger partial charge < -0.3 is 20.1 Å². The molecule has 2 aliphatic rings. The molecule has 1 aliphatic heterocycles. The smallest absolute Gasteiger partial charge is 0.188 e. The molecule has 178 valence electrons. The summed E-state index contributed by atoms with van der Waals surface area (Å²) in [4.78, 5) is 43.2. The third-order valence-corrected chi connectivity index (χ3v) is 8.46. The average Bonchev–Trinajstić information content (AvgIpc) is 3.35. The van der Waals surface area contributed by atoms with Crippen LogP contribution in [-0.2, 0) is 15.0 Å². The number of thiazole rings is 1. The van der Waals surface area contributed by atoms with E-state index < -0.39 is 45.6 Å². The van der Waals surface area contributed by atoms with Crippen molar-refractivity contribution >= 4 is 50.7 Å². The van der Waals surface area contributed by atoms with Gasteiger partial charge in [-0.1, -0.05) is 23.9 Å². The van der Waals surface area contributed by atoms with E-state index >= 15 is 0 Å². The highest BCUT2D eigenvalue weighted by molar-refractivity contribution is 8.01. The second-order valence-electron chi connectivity index (χ2n) is 8.44. The number of phenols is 2. The second kappa shape index (κ2) is 7.96. The Bertz CT molecular complexity index is 1520. The van der Waals surface area contributed by atoms with Crippen LogP contribution in [0.15, 0.2) is 51.8 Å². The number of Topliss-reactive ketones (excluding diaryl/α,β-unsaturated/α-hetero) is 3. The monoisotopic (exact) mass is 509 g/mol. The van der Waals surface area contributed by atoms with Crippen molar-refractivity contribution in [2.45, 2.75) is 30.5 Å². The lowest BCUT2D eigenvalue weighted by Gasteiger charge is -2.28. The number of carbonyl (C=O) groups excluding carboxylic acids is 3. The van der Waals surface area contributed by atoms with Gasteiger partial charge in [0, 0.05) is 11.6 Å². The van der Waals surface area contributed by atoms with Gasteiger partial charge in [-0.15, -0.1) is 11.3 Å². The third kappa shape index (κ3) is 3.28. The van der Waals surface area contributed by atoms with Crippen LogP contribution in [0.4, 0.5) is 0 Å². The van der Waals surface area contributed by atoms with Crippen molar-refractivity contribution in [2.24, 2.45) is 0 Å². The minimum Gasteiger partial charge on any atom is -0.507 e. The first-order valence-corrected chi connectivity index (χ1v) is 12.4. The van der Waals surface area contributed by atoms with Crippen molar-refractivity contribution in [3.8, 4) is 17.2 Å². The number of ether oxygens (including phenoxy) is 1. The van der Waals surface area contributed by atoms with Crippen LogP contribution in [0.2, 0.25) is 0 Å². The molecular formula is C25H19NO7S2. The molecule has 0 amide bonds. The SMILES string of the molecule is CC(=O)C1=C(O)C=C2Oc3c(C(=O)CSc4nc5ccccc5s4)c(O)c(C)c(O)c3[C@@]2(C)C1=O. The number of rotatable bonds is 5. The number of aliphatic hydroxyl groups excluding tert-OH is 1. The predicted molar refractivity (Wildman–Crippen MR) is 131 cm³/mol. The zero-order chi connectivity index (χ0) is 25.2. The molecule has 1 aliphatic carbocycles. The summed E-state index contributed by atoms with van der Waals surface area (Å²) < 4.78 is 7.47. The Labute approximate surface area is 207 Å². The molecule has 5 rings (SSSR count). The third-order valence-electron chi connectivity index (χ3n) is 6.28. The highest BCUT2D eigenvalue weighted by Gasteiger charge is 2.55. The van der Waals surface area contributed by atoms with E-state index in [1.807, 2.05) is 24.3 Å². The maximum absolute atomic E-state index is 13.3. The molecular weight excluding hydrogens is 490 g/mol. The van der Waals surface area contributed by atoms with Gasteiger partial charge in [0.05, 0.1) is 21.5 Å². The number of thioether (sulfide) groups is 1. The summed E-state index contributed by atoms with van der Waals surface area (Å²) in [6.07, 6.45) is 1.13. The van der Waals surface area contributed by atoms with Gasteiger partial charge in [-0.25, -0.2) is 4.98 Å². The maximum atomic E-state index is 13.3. The number of phenolic OH excluding ortho intramolecular Hbond substituents is 2. The molecule has 0 fully saturated rings. The number of ketones is 3. The van der Waals surface area contributed by atoms with Crippen molar-refractivity contribution in [3.63, 3.8) is 0 Å². The molecule has 0 bridgehead atoms. The number of para-hydroxylation sites is 1. The molecule has 0 saturated heterocycles. The van der Waals surface area contributed by atoms with E-state index in [-0.39, 0.29) is 34.0 Å².